The maximum absolute atomic E-state index is 12.7. The Morgan fingerprint density at radius 1 is 0.970 bits per heavy atom. The molecule has 0 bridgehead atoms. The Labute approximate surface area is 196 Å². The molecule has 0 radical (unpaired) electrons. The summed E-state index contributed by atoms with van der Waals surface area (Å²) >= 11 is 0.827. The number of anilines is 1. The fraction of sp³-hybridized carbons (Fsp3) is 0.115. The molecular formula is C26H22N2O4S. The second kappa shape index (κ2) is 10.2. The van der Waals surface area contributed by atoms with Gasteiger partial charge in [-0.05, 0) is 59.7 Å². The second-order valence-corrected chi connectivity index (χ2v) is 8.47. The van der Waals surface area contributed by atoms with Crippen LogP contribution in [0.4, 0.5) is 10.5 Å². The Balaban J connectivity index is 1.37. The first-order valence-electron chi connectivity index (χ1n) is 10.4. The van der Waals surface area contributed by atoms with Crippen molar-refractivity contribution >= 4 is 40.6 Å². The van der Waals surface area contributed by atoms with Crippen LogP contribution in [0.3, 0.4) is 0 Å². The smallest absolute Gasteiger partial charge is 0.294 e. The highest BCUT2D eigenvalue weighted by Crippen LogP contribution is 2.32. The molecule has 4 rings (SSSR count). The third-order valence-corrected chi connectivity index (χ3v) is 5.93. The average molecular weight is 459 g/mol. The Kier molecular flexibility index (Phi) is 6.90. The van der Waals surface area contributed by atoms with Crippen LogP contribution in [0.25, 0.3) is 6.08 Å². The summed E-state index contributed by atoms with van der Waals surface area (Å²) in [7, 11) is 0. The first-order valence-corrected chi connectivity index (χ1v) is 11.2. The standard InChI is InChI=1S/C26H22N2O4S/c1-18-7-5-6-10-22(18)27-24(29)16-28-25(30)23(33-26(28)31)15-19-11-13-21(14-12-19)32-17-20-8-3-2-4-9-20/h2-15H,16-17H2,1H3,(H,27,29). The third kappa shape index (κ3) is 5.70. The Bertz CT molecular complexity index is 1210. The molecule has 0 unspecified atom stereocenters. The highest BCUT2D eigenvalue weighted by Gasteiger charge is 2.36. The second-order valence-electron chi connectivity index (χ2n) is 7.47. The molecule has 1 N–H and O–H groups in total. The SMILES string of the molecule is Cc1ccccc1NC(=O)CN1C(=O)SC(=Cc2ccc(OCc3ccccc3)cc2)C1=O. The van der Waals surface area contributed by atoms with E-state index in [1.165, 1.54) is 0 Å². The zero-order valence-electron chi connectivity index (χ0n) is 18.0. The molecule has 0 aromatic heterocycles. The van der Waals surface area contributed by atoms with Gasteiger partial charge < -0.3 is 10.1 Å². The third-order valence-electron chi connectivity index (χ3n) is 5.02. The van der Waals surface area contributed by atoms with E-state index in [1.54, 1.807) is 12.1 Å². The predicted octanol–water partition coefficient (Wildman–Crippen LogP) is 5.25. The maximum atomic E-state index is 12.7. The molecule has 1 saturated heterocycles. The minimum absolute atomic E-state index is 0.279. The minimum atomic E-state index is -0.477. The van der Waals surface area contributed by atoms with Crippen molar-refractivity contribution < 1.29 is 19.1 Å². The van der Waals surface area contributed by atoms with Crippen molar-refractivity contribution in [1.82, 2.24) is 4.90 Å². The number of hydrogen-bond donors (Lipinski definition) is 1. The summed E-state index contributed by atoms with van der Waals surface area (Å²) in [5.74, 6) is -0.195. The molecule has 0 aliphatic carbocycles. The summed E-state index contributed by atoms with van der Waals surface area (Å²) in [4.78, 5) is 38.7. The lowest BCUT2D eigenvalue weighted by Crippen LogP contribution is -2.36. The molecule has 3 aromatic carbocycles. The number of rotatable bonds is 7. The largest absolute Gasteiger partial charge is 0.489 e. The van der Waals surface area contributed by atoms with E-state index in [0.717, 1.165) is 33.4 Å². The lowest BCUT2D eigenvalue weighted by atomic mass is 10.2. The predicted molar refractivity (Wildman–Crippen MR) is 130 cm³/mol. The van der Waals surface area contributed by atoms with E-state index in [1.807, 2.05) is 79.7 Å². The van der Waals surface area contributed by atoms with Gasteiger partial charge in [0.15, 0.2) is 0 Å². The van der Waals surface area contributed by atoms with Gasteiger partial charge in [0.25, 0.3) is 11.1 Å². The molecule has 0 atom stereocenters. The molecular weight excluding hydrogens is 436 g/mol. The first kappa shape index (κ1) is 22.4. The molecule has 33 heavy (non-hydrogen) atoms. The van der Waals surface area contributed by atoms with Gasteiger partial charge in [-0.1, -0.05) is 60.7 Å². The quantitative estimate of drug-likeness (QED) is 0.490. The van der Waals surface area contributed by atoms with Crippen molar-refractivity contribution in [2.75, 3.05) is 11.9 Å². The molecule has 166 valence electrons. The highest BCUT2D eigenvalue weighted by molar-refractivity contribution is 8.18. The van der Waals surface area contributed by atoms with Crippen molar-refractivity contribution in [3.05, 3.63) is 100 Å². The number of amides is 3. The van der Waals surface area contributed by atoms with E-state index in [-0.39, 0.29) is 11.4 Å². The summed E-state index contributed by atoms with van der Waals surface area (Å²) < 4.78 is 5.77. The number of hydrogen-bond acceptors (Lipinski definition) is 5. The van der Waals surface area contributed by atoms with Gasteiger partial charge in [-0.25, -0.2) is 0 Å². The monoisotopic (exact) mass is 458 g/mol. The number of aryl methyl sites for hydroxylation is 1. The van der Waals surface area contributed by atoms with Crippen LogP contribution in [-0.2, 0) is 16.2 Å². The Morgan fingerprint density at radius 3 is 2.39 bits per heavy atom. The number of imide groups is 1. The van der Waals surface area contributed by atoms with E-state index in [2.05, 4.69) is 5.32 Å². The van der Waals surface area contributed by atoms with Crippen LogP contribution in [-0.4, -0.2) is 28.5 Å². The molecule has 0 spiro atoms. The molecule has 1 aliphatic heterocycles. The van der Waals surface area contributed by atoms with Gasteiger partial charge in [-0.15, -0.1) is 0 Å². The Hall–Kier alpha value is -3.84. The number of nitrogens with one attached hydrogen (secondary N) is 1. The molecule has 3 aromatic rings. The molecule has 1 heterocycles. The molecule has 3 amide bonds. The Morgan fingerprint density at radius 2 is 1.67 bits per heavy atom. The maximum Gasteiger partial charge on any atom is 0.294 e. The van der Waals surface area contributed by atoms with E-state index in [9.17, 15) is 14.4 Å². The van der Waals surface area contributed by atoms with Gasteiger partial charge in [-0.2, -0.15) is 0 Å². The van der Waals surface area contributed by atoms with Crippen molar-refractivity contribution in [3.8, 4) is 5.75 Å². The van der Waals surface area contributed by atoms with Crippen molar-refractivity contribution in [1.29, 1.82) is 0 Å². The zero-order valence-corrected chi connectivity index (χ0v) is 18.8. The molecule has 0 saturated carbocycles. The highest BCUT2D eigenvalue weighted by atomic mass is 32.2. The van der Waals surface area contributed by atoms with Gasteiger partial charge in [0.1, 0.15) is 18.9 Å². The fourth-order valence-electron chi connectivity index (χ4n) is 3.24. The van der Waals surface area contributed by atoms with Crippen LogP contribution in [0, 0.1) is 6.92 Å². The summed E-state index contributed by atoms with van der Waals surface area (Å²) in [6.07, 6.45) is 1.64. The van der Waals surface area contributed by atoms with Crippen LogP contribution in [0.2, 0.25) is 0 Å². The van der Waals surface area contributed by atoms with Crippen molar-refractivity contribution in [2.24, 2.45) is 0 Å². The number of thioether (sulfide) groups is 1. The number of benzene rings is 3. The summed E-state index contributed by atoms with van der Waals surface area (Å²) in [5.41, 5.74) is 3.38. The summed E-state index contributed by atoms with van der Waals surface area (Å²) in [5, 5.41) is 2.28. The van der Waals surface area contributed by atoms with Crippen LogP contribution >= 0.6 is 11.8 Å². The average Bonchev–Trinajstić information content (AvgIpc) is 3.08. The van der Waals surface area contributed by atoms with Crippen molar-refractivity contribution in [2.45, 2.75) is 13.5 Å². The van der Waals surface area contributed by atoms with Crippen LogP contribution in [0.15, 0.2) is 83.8 Å². The van der Waals surface area contributed by atoms with Gasteiger partial charge in [0, 0.05) is 5.69 Å². The summed E-state index contributed by atoms with van der Waals surface area (Å²) in [6.45, 7) is 2.00. The number of carbonyl (C=O) groups is 3. The number of ether oxygens (including phenoxy) is 1. The van der Waals surface area contributed by atoms with Crippen LogP contribution in [0.1, 0.15) is 16.7 Å². The topological polar surface area (TPSA) is 75.7 Å². The number of para-hydroxylation sites is 1. The first-order chi connectivity index (χ1) is 16.0. The van der Waals surface area contributed by atoms with E-state index < -0.39 is 17.1 Å². The van der Waals surface area contributed by atoms with Gasteiger partial charge in [0.05, 0.1) is 4.91 Å². The molecule has 1 fully saturated rings. The zero-order chi connectivity index (χ0) is 23.2. The fourth-order valence-corrected chi connectivity index (χ4v) is 4.07. The lowest BCUT2D eigenvalue weighted by molar-refractivity contribution is -0.127. The minimum Gasteiger partial charge on any atom is -0.489 e. The summed E-state index contributed by atoms with van der Waals surface area (Å²) in [6, 6.07) is 24.4. The van der Waals surface area contributed by atoms with E-state index in [0.29, 0.717) is 18.0 Å². The van der Waals surface area contributed by atoms with Crippen LogP contribution < -0.4 is 10.1 Å². The normalized spacial score (nSPS) is 14.6. The van der Waals surface area contributed by atoms with Gasteiger partial charge in [-0.3, -0.25) is 19.3 Å². The van der Waals surface area contributed by atoms with Gasteiger partial charge >= 0.3 is 0 Å². The van der Waals surface area contributed by atoms with Crippen molar-refractivity contribution in [3.63, 3.8) is 0 Å². The molecule has 6 nitrogen and oxygen atoms in total. The van der Waals surface area contributed by atoms with Crippen LogP contribution in [0.5, 0.6) is 5.75 Å². The van der Waals surface area contributed by atoms with E-state index in [4.69, 9.17) is 4.74 Å². The number of carbonyl (C=O) groups excluding carboxylic acids is 3. The molecule has 7 heteroatoms. The van der Waals surface area contributed by atoms with E-state index >= 15 is 0 Å². The van der Waals surface area contributed by atoms with Gasteiger partial charge in [0.2, 0.25) is 5.91 Å². The number of nitrogens with zero attached hydrogens (tertiary/aromatic N) is 1. The lowest BCUT2D eigenvalue weighted by Gasteiger charge is -2.13. The molecule has 1 aliphatic rings.